The Morgan fingerprint density at radius 1 is 1.16 bits per heavy atom. The van der Waals surface area contributed by atoms with Crippen LogP contribution in [0.4, 0.5) is 0 Å². The second-order valence-electron chi connectivity index (χ2n) is 6.44. The van der Waals surface area contributed by atoms with E-state index in [4.69, 9.17) is 9.84 Å². The van der Waals surface area contributed by atoms with Crippen molar-refractivity contribution in [3.8, 4) is 0 Å². The lowest BCUT2D eigenvalue weighted by Gasteiger charge is -2.37. The summed E-state index contributed by atoms with van der Waals surface area (Å²) in [7, 11) is 0. The fourth-order valence-corrected chi connectivity index (χ4v) is 2.78. The predicted octanol–water partition coefficient (Wildman–Crippen LogP) is 1.71. The number of aliphatic hydroxyl groups excluding tert-OH is 3. The average molecular weight is 274 g/mol. The largest absolute Gasteiger partial charge is 0.394 e. The highest BCUT2D eigenvalue weighted by molar-refractivity contribution is 4.85. The molecular weight excluding hydrogens is 244 g/mol. The quantitative estimate of drug-likeness (QED) is 0.661. The van der Waals surface area contributed by atoms with Crippen LogP contribution >= 0.6 is 0 Å². The molecule has 1 fully saturated rings. The van der Waals surface area contributed by atoms with Crippen LogP contribution in [-0.4, -0.2) is 46.3 Å². The first-order chi connectivity index (χ1) is 8.93. The number of hydrogen-bond acceptors (Lipinski definition) is 4. The van der Waals surface area contributed by atoms with E-state index in [9.17, 15) is 10.2 Å². The summed E-state index contributed by atoms with van der Waals surface area (Å²) in [6, 6.07) is 0. The Labute approximate surface area is 116 Å². The lowest BCUT2D eigenvalue weighted by atomic mass is 9.90. The van der Waals surface area contributed by atoms with Crippen LogP contribution in [0.5, 0.6) is 0 Å². The van der Waals surface area contributed by atoms with E-state index in [1.54, 1.807) is 0 Å². The average Bonchev–Trinajstić information content (AvgIpc) is 2.33. The van der Waals surface area contributed by atoms with Crippen LogP contribution in [0.3, 0.4) is 0 Å². The van der Waals surface area contributed by atoms with Gasteiger partial charge in [0.2, 0.25) is 0 Å². The second-order valence-corrected chi connectivity index (χ2v) is 6.44. The Kier molecular flexibility index (Phi) is 7.29. The van der Waals surface area contributed by atoms with E-state index in [0.717, 1.165) is 12.3 Å². The molecule has 3 N–H and O–H groups in total. The minimum atomic E-state index is -0.961. The summed E-state index contributed by atoms with van der Waals surface area (Å²) in [6.45, 7) is 6.43. The molecule has 0 amide bonds. The fraction of sp³-hybridized carbons (Fsp3) is 1.00. The molecule has 1 aliphatic rings. The van der Waals surface area contributed by atoms with Crippen LogP contribution in [0.15, 0.2) is 0 Å². The smallest absolute Gasteiger partial charge is 0.109 e. The van der Waals surface area contributed by atoms with Crippen LogP contribution < -0.4 is 0 Å². The standard InChI is InChI=1S/C15H30O4/c1-10(2)5-4-6-11(3)7-12-8-13(17)15(18)14(9-16)19-12/h10-18H,4-9H2,1-3H3. The van der Waals surface area contributed by atoms with Gasteiger partial charge < -0.3 is 20.1 Å². The molecule has 1 aliphatic heterocycles. The first-order valence-corrected chi connectivity index (χ1v) is 7.56. The van der Waals surface area contributed by atoms with Crippen molar-refractivity contribution in [3.63, 3.8) is 0 Å². The summed E-state index contributed by atoms with van der Waals surface area (Å²) in [5.74, 6) is 1.29. The zero-order chi connectivity index (χ0) is 14.4. The molecule has 19 heavy (non-hydrogen) atoms. The molecule has 114 valence electrons. The molecular formula is C15H30O4. The highest BCUT2D eigenvalue weighted by atomic mass is 16.5. The highest BCUT2D eigenvalue weighted by Crippen LogP contribution is 2.26. The molecule has 0 radical (unpaired) electrons. The molecule has 0 saturated carbocycles. The molecule has 0 aromatic carbocycles. The maximum Gasteiger partial charge on any atom is 0.109 e. The summed E-state index contributed by atoms with van der Waals surface area (Å²) in [5, 5.41) is 28.6. The molecule has 4 heteroatoms. The summed E-state index contributed by atoms with van der Waals surface area (Å²) in [4.78, 5) is 0. The second kappa shape index (κ2) is 8.20. The molecule has 5 unspecified atom stereocenters. The third kappa shape index (κ3) is 5.78. The first-order valence-electron chi connectivity index (χ1n) is 7.56. The van der Waals surface area contributed by atoms with E-state index in [1.807, 2.05) is 0 Å². The van der Waals surface area contributed by atoms with E-state index >= 15 is 0 Å². The highest BCUT2D eigenvalue weighted by Gasteiger charge is 2.36. The van der Waals surface area contributed by atoms with Crippen LogP contribution in [0, 0.1) is 11.8 Å². The van der Waals surface area contributed by atoms with E-state index < -0.39 is 18.3 Å². The van der Waals surface area contributed by atoms with Gasteiger partial charge >= 0.3 is 0 Å². The van der Waals surface area contributed by atoms with Crippen molar-refractivity contribution in [1.82, 2.24) is 0 Å². The maximum absolute atomic E-state index is 9.77. The van der Waals surface area contributed by atoms with Crippen molar-refractivity contribution in [2.45, 2.75) is 77.3 Å². The van der Waals surface area contributed by atoms with Crippen molar-refractivity contribution in [2.24, 2.45) is 11.8 Å². The van der Waals surface area contributed by atoms with Gasteiger partial charge in [-0.2, -0.15) is 0 Å². The Hall–Kier alpha value is -0.160. The van der Waals surface area contributed by atoms with E-state index in [-0.39, 0.29) is 12.7 Å². The molecule has 5 atom stereocenters. The van der Waals surface area contributed by atoms with Gasteiger partial charge in [-0.05, 0) is 18.3 Å². The summed E-state index contributed by atoms with van der Waals surface area (Å²) in [5.41, 5.74) is 0. The molecule has 0 bridgehead atoms. The monoisotopic (exact) mass is 274 g/mol. The van der Waals surface area contributed by atoms with Gasteiger partial charge in [-0.1, -0.05) is 40.0 Å². The number of ether oxygens (including phenoxy) is 1. The van der Waals surface area contributed by atoms with Gasteiger partial charge in [-0.15, -0.1) is 0 Å². The van der Waals surface area contributed by atoms with Crippen molar-refractivity contribution < 1.29 is 20.1 Å². The molecule has 1 heterocycles. The minimum absolute atomic E-state index is 0.0513. The fourth-order valence-electron chi connectivity index (χ4n) is 2.78. The van der Waals surface area contributed by atoms with Crippen LogP contribution in [0.25, 0.3) is 0 Å². The normalized spacial score (nSPS) is 33.6. The maximum atomic E-state index is 9.77. The van der Waals surface area contributed by atoms with E-state index in [1.165, 1.54) is 19.3 Å². The van der Waals surface area contributed by atoms with Gasteiger partial charge in [0.1, 0.15) is 12.2 Å². The van der Waals surface area contributed by atoms with Crippen molar-refractivity contribution in [3.05, 3.63) is 0 Å². The lowest BCUT2D eigenvalue weighted by Crippen LogP contribution is -2.50. The third-order valence-electron chi connectivity index (χ3n) is 3.97. The molecule has 0 aliphatic carbocycles. The summed E-state index contributed by atoms with van der Waals surface area (Å²) in [6.07, 6.45) is 2.55. The SMILES string of the molecule is CC(C)CCCC(C)CC1CC(O)C(O)C(CO)O1. The van der Waals surface area contributed by atoms with Gasteiger partial charge in [0, 0.05) is 6.42 Å². The minimum Gasteiger partial charge on any atom is -0.394 e. The van der Waals surface area contributed by atoms with Crippen molar-refractivity contribution in [2.75, 3.05) is 6.61 Å². The Balaban J connectivity index is 2.31. The van der Waals surface area contributed by atoms with Gasteiger partial charge in [0.15, 0.2) is 0 Å². The molecule has 0 aromatic heterocycles. The third-order valence-corrected chi connectivity index (χ3v) is 3.97. The van der Waals surface area contributed by atoms with Crippen molar-refractivity contribution >= 4 is 0 Å². The summed E-state index contributed by atoms with van der Waals surface area (Å²) < 4.78 is 5.66. The van der Waals surface area contributed by atoms with Crippen molar-refractivity contribution in [1.29, 1.82) is 0 Å². The Morgan fingerprint density at radius 2 is 1.84 bits per heavy atom. The number of aliphatic hydroxyl groups is 3. The lowest BCUT2D eigenvalue weighted by molar-refractivity contribution is -0.183. The zero-order valence-electron chi connectivity index (χ0n) is 12.5. The first kappa shape index (κ1) is 16.9. The zero-order valence-corrected chi connectivity index (χ0v) is 12.5. The molecule has 1 saturated heterocycles. The van der Waals surface area contributed by atoms with Gasteiger partial charge in [-0.3, -0.25) is 0 Å². The predicted molar refractivity (Wildman–Crippen MR) is 74.8 cm³/mol. The molecule has 4 nitrogen and oxygen atoms in total. The molecule has 0 spiro atoms. The molecule has 0 aromatic rings. The van der Waals surface area contributed by atoms with Gasteiger partial charge in [0.25, 0.3) is 0 Å². The van der Waals surface area contributed by atoms with Gasteiger partial charge in [0.05, 0.1) is 18.8 Å². The van der Waals surface area contributed by atoms with Gasteiger partial charge in [-0.25, -0.2) is 0 Å². The topological polar surface area (TPSA) is 69.9 Å². The Bertz CT molecular complexity index is 244. The van der Waals surface area contributed by atoms with Crippen LogP contribution in [0.2, 0.25) is 0 Å². The number of rotatable bonds is 7. The van der Waals surface area contributed by atoms with Crippen LogP contribution in [-0.2, 0) is 4.74 Å². The Morgan fingerprint density at radius 3 is 2.42 bits per heavy atom. The number of hydrogen-bond donors (Lipinski definition) is 3. The van der Waals surface area contributed by atoms with E-state index in [2.05, 4.69) is 20.8 Å². The van der Waals surface area contributed by atoms with E-state index in [0.29, 0.717) is 12.3 Å². The van der Waals surface area contributed by atoms with Crippen LogP contribution in [0.1, 0.15) is 52.9 Å². The molecule has 1 rings (SSSR count). The summed E-state index contributed by atoms with van der Waals surface area (Å²) >= 11 is 0.